The number of carbonyl (C=O) groups is 2. The van der Waals surface area contributed by atoms with Gasteiger partial charge in [0.05, 0.1) is 6.42 Å². The van der Waals surface area contributed by atoms with E-state index in [0.717, 1.165) is 0 Å². The van der Waals surface area contributed by atoms with Crippen LogP contribution in [-0.2, 0) is 9.59 Å². The van der Waals surface area contributed by atoms with Crippen LogP contribution in [0.1, 0.15) is 12.2 Å². The molecule has 1 aromatic rings. The van der Waals surface area contributed by atoms with E-state index in [0.29, 0.717) is 11.6 Å². The van der Waals surface area contributed by atoms with Crippen LogP contribution in [-0.4, -0.2) is 35.2 Å². The molecule has 0 fully saturated rings. The molecule has 16 heavy (non-hydrogen) atoms. The molecule has 0 amide bonds. The summed E-state index contributed by atoms with van der Waals surface area (Å²) in [6, 6.07) is 2.15. The molecule has 1 aromatic heterocycles. The molecule has 0 aromatic carbocycles. The maximum Gasteiger partial charge on any atom is 0.327 e. The molecule has 6 nitrogen and oxygen atoms in total. The number of aryl methyl sites for hydroxylation is 1. The van der Waals surface area contributed by atoms with E-state index in [2.05, 4.69) is 0 Å². The summed E-state index contributed by atoms with van der Waals surface area (Å²) in [5, 5.41) is 17.5. The third-order valence-corrected chi connectivity index (χ3v) is 2.19. The van der Waals surface area contributed by atoms with Gasteiger partial charge in [-0.05, 0) is 13.0 Å². The predicted molar refractivity (Wildman–Crippen MR) is 55.5 cm³/mol. The summed E-state index contributed by atoms with van der Waals surface area (Å²) in [5.74, 6) is -1.38. The lowest BCUT2D eigenvalue weighted by Crippen LogP contribution is -2.40. The van der Waals surface area contributed by atoms with Gasteiger partial charge in [-0.2, -0.15) is 0 Å². The van der Waals surface area contributed by atoms with Gasteiger partial charge in [0, 0.05) is 13.1 Å². The molecule has 0 radical (unpaired) electrons. The van der Waals surface area contributed by atoms with Crippen LogP contribution in [0.25, 0.3) is 0 Å². The smallest absolute Gasteiger partial charge is 0.327 e. The highest BCUT2D eigenvalue weighted by molar-refractivity contribution is 5.83. The van der Waals surface area contributed by atoms with Gasteiger partial charge in [-0.3, -0.25) is 4.79 Å². The Morgan fingerprint density at radius 3 is 2.44 bits per heavy atom. The minimum absolute atomic E-state index is 0.339. The summed E-state index contributed by atoms with van der Waals surface area (Å²) in [5.41, 5.74) is 0. The first kappa shape index (κ1) is 12.1. The van der Waals surface area contributed by atoms with Crippen LogP contribution in [0.4, 0.5) is 5.88 Å². The third-order valence-electron chi connectivity index (χ3n) is 2.19. The molecule has 0 bridgehead atoms. The summed E-state index contributed by atoms with van der Waals surface area (Å²) >= 11 is 0. The van der Waals surface area contributed by atoms with Gasteiger partial charge in [-0.1, -0.05) is 0 Å². The maximum absolute atomic E-state index is 10.9. The fourth-order valence-electron chi connectivity index (χ4n) is 1.32. The van der Waals surface area contributed by atoms with E-state index < -0.39 is 24.4 Å². The minimum Gasteiger partial charge on any atom is -0.481 e. The van der Waals surface area contributed by atoms with Crippen molar-refractivity contribution in [3.8, 4) is 0 Å². The molecule has 1 atom stereocenters. The van der Waals surface area contributed by atoms with Gasteiger partial charge in [0.2, 0.25) is 0 Å². The summed E-state index contributed by atoms with van der Waals surface area (Å²) in [6.07, 6.45) is -0.481. The van der Waals surface area contributed by atoms with Crippen molar-refractivity contribution in [3.05, 3.63) is 17.9 Å². The zero-order valence-corrected chi connectivity index (χ0v) is 9.01. The monoisotopic (exact) mass is 227 g/mol. The first-order valence-corrected chi connectivity index (χ1v) is 4.65. The molecular formula is C10H13NO5. The minimum atomic E-state index is -1.20. The van der Waals surface area contributed by atoms with E-state index in [1.807, 2.05) is 0 Å². The van der Waals surface area contributed by atoms with Gasteiger partial charge in [0.15, 0.2) is 5.88 Å². The van der Waals surface area contributed by atoms with E-state index in [-0.39, 0.29) is 0 Å². The molecule has 1 heterocycles. The maximum atomic E-state index is 10.9. The van der Waals surface area contributed by atoms with Crippen molar-refractivity contribution in [1.82, 2.24) is 0 Å². The lowest BCUT2D eigenvalue weighted by atomic mass is 10.2. The van der Waals surface area contributed by atoms with Gasteiger partial charge in [0.25, 0.3) is 0 Å². The highest BCUT2D eigenvalue weighted by atomic mass is 16.4. The molecule has 2 N–H and O–H groups in total. The van der Waals surface area contributed by atoms with Crippen molar-refractivity contribution in [2.45, 2.75) is 19.4 Å². The molecule has 0 saturated carbocycles. The largest absolute Gasteiger partial charge is 0.481 e. The van der Waals surface area contributed by atoms with Crippen LogP contribution < -0.4 is 4.90 Å². The third kappa shape index (κ3) is 2.75. The Kier molecular flexibility index (Phi) is 3.55. The van der Waals surface area contributed by atoms with Crippen LogP contribution in [0.2, 0.25) is 0 Å². The first-order valence-electron chi connectivity index (χ1n) is 4.65. The lowest BCUT2D eigenvalue weighted by Gasteiger charge is -2.22. The van der Waals surface area contributed by atoms with Gasteiger partial charge >= 0.3 is 11.9 Å². The molecule has 0 aliphatic heterocycles. The summed E-state index contributed by atoms with van der Waals surface area (Å²) in [4.78, 5) is 22.7. The Morgan fingerprint density at radius 1 is 1.44 bits per heavy atom. The van der Waals surface area contributed by atoms with Gasteiger partial charge in [-0.15, -0.1) is 0 Å². The molecule has 0 aliphatic rings. The van der Waals surface area contributed by atoms with E-state index in [9.17, 15) is 9.59 Å². The van der Waals surface area contributed by atoms with Crippen molar-refractivity contribution in [3.63, 3.8) is 0 Å². The molecule has 0 aliphatic carbocycles. The number of likely N-dealkylation sites (N-methyl/N-ethyl adjacent to an activating group) is 1. The van der Waals surface area contributed by atoms with Gasteiger partial charge in [0.1, 0.15) is 11.8 Å². The summed E-state index contributed by atoms with van der Waals surface area (Å²) in [6.45, 7) is 1.73. The zero-order chi connectivity index (χ0) is 12.3. The highest BCUT2D eigenvalue weighted by Crippen LogP contribution is 2.20. The second kappa shape index (κ2) is 4.69. The number of hydrogen-bond acceptors (Lipinski definition) is 4. The number of carboxylic acids is 2. The number of anilines is 1. The first-order chi connectivity index (χ1) is 7.41. The van der Waals surface area contributed by atoms with Crippen molar-refractivity contribution >= 4 is 17.8 Å². The number of furan rings is 1. The Labute approximate surface area is 92.1 Å². The SMILES string of the molecule is Cc1ccc(N(C)C(CC(=O)O)C(=O)O)o1. The molecule has 0 spiro atoms. The molecule has 0 saturated heterocycles. The van der Waals surface area contributed by atoms with E-state index in [1.165, 1.54) is 11.9 Å². The Hall–Kier alpha value is -1.98. The quantitative estimate of drug-likeness (QED) is 0.778. The van der Waals surface area contributed by atoms with Crippen LogP contribution >= 0.6 is 0 Å². The highest BCUT2D eigenvalue weighted by Gasteiger charge is 2.27. The molecule has 1 rings (SSSR count). The standard InChI is InChI=1S/C10H13NO5/c1-6-3-4-8(16-6)11(2)7(10(14)15)5-9(12)13/h3-4,7H,5H2,1-2H3,(H,12,13)(H,14,15). The Balaban J connectivity index is 2.86. The molecule has 88 valence electrons. The van der Waals surface area contributed by atoms with Crippen LogP contribution in [0.3, 0.4) is 0 Å². The van der Waals surface area contributed by atoms with Crippen LogP contribution in [0.5, 0.6) is 0 Å². The second-order valence-electron chi connectivity index (χ2n) is 3.45. The van der Waals surface area contributed by atoms with E-state index in [1.54, 1.807) is 19.1 Å². The van der Waals surface area contributed by atoms with Crippen molar-refractivity contribution < 1.29 is 24.2 Å². The van der Waals surface area contributed by atoms with E-state index >= 15 is 0 Å². The van der Waals surface area contributed by atoms with Crippen molar-refractivity contribution in [2.75, 3.05) is 11.9 Å². The average Bonchev–Trinajstić information content (AvgIpc) is 2.59. The summed E-state index contributed by atoms with van der Waals surface area (Å²) < 4.78 is 5.23. The van der Waals surface area contributed by atoms with Crippen LogP contribution in [0.15, 0.2) is 16.5 Å². The predicted octanol–water partition coefficient (Wildman–Crippen LogP) is 0.952. The summed E-state index contributed by atoms with van der Waals surface area (Å²) in [7, 11) is 1.49. The Bertz CT molecular complexity index is 398. The molecule has 1 unspecified atom stereocenters. The fourth-order valence-corrected chi connectivity index (χ4v) is 1.32. The topological polar surface area (TPSA) is 91.0 Å². The number of rotatable bonds is 5. The Morgan fingerprint density at radius 2 is 2.06 bits per heavy atom. The number of nitrogens with zero attached hydrogens (tertiary/aromatic N) is 1. The van der Waals surface area contributed by atoms with Crippen molar-refractivity contribution in [1.29, 1.82) is 0 Å². The van der Waals surface area contributed by atoms with E-state index in [4.69, 9.17) is 14.6 Å². The number of aliphatic carboxylic acids is 2. The average molecular weight is 227 g/mol. The molecule has 6 heteroatoms. The zero-order valence-electron chi connectivity index (χ0n) is 9.01. The van der Waals surface area contributed by atoms with Gasteiger partial charge in [-0.25, -0.2) is 4.79 Å². The number of hydrogen-bond donors (Lipinski definition) is 2. The molecular weight excluding hydrogens is 214 g/mol. The second-order valence-corrected chi connectivity index (χ2v) is 3.45. The van der Waals surface area contributed by atoms with Crippen molar-refractivity contribution in [2.24, 2.45) is 0 Å². The number of carboxylic acid groups (broad SMARTS) is 2. The lowest BCUT2D eigenvalue weighted by molar-refractivity contribution is -0.145. The fraction of sp³-hybridized carbons (Fsp3) is 0.400. The normalized spacial score (nSPS) is 12.1. The van der Waals surface area contributed by atoms with Gasteiger partial charge < -0.3 is 19.5 Å². The van der Waals surface area contributed by atoms with Crippen LogP contribution in [0, 0.1) is 6.92 Å².